The van der Waals surface area contributed by atoms with Crippen molar-refractivity contribution >= 4 is 23.3 Å². The SMILES string of the molecule is O=C(Nc1ccc2c(c1)OCCO2)N1CCC[C@@H]1c1ccccc1Cl. The summed E-state index contributed by atoms with van der Waals surface area (Å²) >= 11 is 6.33. The van der Waals surface area contributed by atoms with Crippen LogP contribution in [0.5, 0.6) is 11.5 Å². The van der Waals surface area contributed by atoms with E-state index in [4.69, 9.17) is 21.1 Å². The van der Waals surface area contributed by atoms with Crippen LogP contribution in [0.2, 0.25) is 5.02 Å². The number of hydrogen-bond acceptors (Lipinski definition) is 3. The first-order chi connectivity index (χ1) is 12.2. The minimum Gasteiger partial charge on any atom is -0.486 e. The Hall–Kier alpha value is -2.40. The van der Waals surface area contributed by atoms with Gasteiger partial charge in [-0.2, -0.15) is 0 Å². The fourth-order valence-corrected chi connectivity index (χ4v) is 3.66. The molecule has 2 aromatic rings. The van der Waals surface area contributed by atoms with E-state index in [-0.39, 0.29) is 12.1 Å². The highest BCUT2D eigenvalue weighted by Gasteiger charge is 2.31. The maximum atomic E-state index is 12.8. The number of rotatable bonds is 2. The fourth-order valence-electron chi connectivity index (χ4n) is 3.39. The number of carbonyl (C=O) groups excluding carboxylic acids is 1. The van der Waals surface area contributed by atoms with Crippen LogP contribution in [0.25, 0.3) is 0 Å². The smallest absolute Gasteiger partial charge is 0.322 e. The van der Waals surface area contributed by atoms with Crippen LogP contribution in [0, 0.1) is 0 Å². The molecule has 0 unspecified atom stereocenters. The van der Waals surface area contributed by atoms with Gasteiger partial charge in [-0.15, -0.1) is 0 Å². The van der Waals surface area contributed by atoms with Crippen molar-refractivity contribution in [3.8, 4) is 11.5 Å². The second-order valence-corrected chi connectivity index (χ2v) is 6.57. The predicted octanol–water partition coefficient (Wildman–Crippen LogP) is 4.48. The summed E-state index contributed by atoms with van der Waals surface area (Å²) in [5.74, 6) is 1.37. The molecule has 2 amide bonds. The summed E-state index contributed by atoms with van der Waals surface area (Å²) in [5.41, 5.74) is 1.69. The van der Waals surface area contributed by atoms with Crippen LogP contribution in [0.4, 0.5) is 10.5 Å². The normalized spacial score (nSPS) is 18.9. The molecule has 5 nitrogen and oxygen atoms in total. The number of hydrogen-bond donors (Lipinski definition) is 1. The highest BCUT2D eigenvalue weighted by molar-refractivity contribution is 6.31. The minimum absolute atomic E-state index is 0.00547. The molecule has 25 heavy (non-hydrogen) atoms. The molecule has 6 heteroatoms. The van der Waals surface area contributed by atoms with E-state index >= 15 is 0 Å². The molecule has 0 bridgehead atoms. The van der Waals surface area contributed by atoms with E-state index in [1.165, 1.54) is 0 Å². The number of anilines is 1. The van der Waals surface area contributed by atoms with Gasteiger partial charge in [0.2, 0.25) is 0 Å². The minimum atomic E-state index is -0.126. The van der Waals surface area contributed by atoms with Gasteiger partial charge < -0.3 is 19.7 Å². The van der Waals surface area contributed by atoms with Crippen molar-refractivity contribution in [3.05, 3.63) is 53.1 Å². The lowest BCUT2D eigenvalue weighted by Crippen LogP contribution is -2.34. The molecule has 0 aromatic heterocycles. The Labute approximate surface area is 151 Å². The number of ether oxygens (including phenoxy) is 2. The van der Waals surface area contributed by atoms with E-state index < -0.39 is 0 Å². The van der Waals surface area contributed by atoms with Crippen LogP contribution >= 0.6 is 11.6 Å². The van der Waals surface area contributed by atoms with Crippen LogP contribution in [0.15, 0.2) is 42.5 Å². The summed E-state index contributed by atoms with van der Waals surface area (Å²) < 4.78 is 11.1. The first-order valence-electron chi connectivity index (χ1n) is 8.44. The number of benzene rings is 2. The number of amides is 2. The van der Waals surface area contributed by atoms with E-state index in [0.29, 0.717) is 42.0 Å². The second kappa shape index (κ2) is 6.84. The molecule has 0 aliphatic carbocycles. The van der Waals surface area contributed by atoms with Crippen molar-refractivity contribution in [3.63, 3.8) is 0 Å². The molecule has 1 N–H and O–H groups in total. The van der Waals surface area contributed by atoms with Gasteiger partial charge in [0.25, 0.3) is 0 Å². The number of nitrogens with zero attached hydrogens (tertiary/aromatic N) is 1. The highest BCUT2D eigenvalue weighted by atomic mass is 35.5. The predicted molar refractivity (Wildman–Crippen MR) is 96.6 cm³/mol. The highest BCUT2D eigenvalue weighted by Crippen LogP contribution is 2.37. The lowest BCUT2D eigenvalue weighted by molar-refractivity contribution is 0.171. The van der Waals surface area contributed by atoms with E-state index in [1.807, 2.05) is 41.3 Å². The third-order valence-corrected chi connectivity index (χ3v) is 4.92. The van der Waals surface area contributed by atoms with Crippen LogP contribution < -0.4 is 14.8 Å². The van der Waals surface area contributed by atoms with Crippen LogP contribution in [0.3, 0.4) is 0 Å². The van der Waals surface area contributed by atoms with Crippen molar-refractivity contribution in [2.24, 2.45) is 0 Å². The molecule has 1 saturated heterocycles. The van der Waals surface area contributed by atoms with Crippen molar-refractivity contribution < 1.29 is 14.3 Å². The maximum absolute atomic E-state index is 12.8. The summed E-state index contributed by atoms with van der Waals surface area (Å²) in [6.45, 7) is 1.78. The lowest BCUT2D eigenvalue weighted by atomic mass is 10.0. The summed E-state index contributed by atoms with van der Waals surface area (Å²) in [4.78, 5) is 14.6. The zero-order valence-electron chi connectivity index (χ0n) is 13.7. The Bertz CT molecular complexity index is 796. The van der Waals surface area contributed by atoms with E-state index in [0.717, 1.165) is 18.4 Å². The summed E-state index contributed by atoms with van der Waals surface area (Å²) in [6, 6.07) is 13.0. The van der Waals surface area contributed by atoms with Crippen LogP contribution in [-0.2, 0) is 0 Å². The van der Waals surface area contributed by atoms with Gasteiger partial charge in [0.1, 0.15) is 13.2 Å². The molecular weight excluding hydrogens is 340 g/mol. The standard InChI is InChI=1S/C19H19ClN2O3/c20-15-5-2-1-4-14(15)16-6-3-9-22(16)19(23)21-13-7-8-17-18(12-13)25-11-10-24-17/h1-2,4-5,7-8,12,16H,3,6,9-11H2,(H,21,23)/t16-/m1/s1. The number of carbonyl (C=O) groups is 1. The van der Waals surface area contributed by atoms with E-state index in [9.17, 15) is 4.79 Å². The fraction of sp³-hybridized carbons (Fsp3) is 0.316. The largest absolute Gasteiger partial charge is 0.486 e. The number of halogens is 1. The summed E-state index contributed by atoms with van der Waals surface area (Å²) in [5, 5.41) is 3.66. The molecule has 0 spiro atoms. The maximum Gasteiger partial charge on any atom is 0.322 e. The first kappa shape index (κ1) is 16.1. The molecule has 1 atom stereocenters. The van der Waals surface area contributed by atoms with Gasteiger partial charge >= 0.3 is 6.03 Å². The van der Waals surface area contributed by atoms with Crippen molar-refractivity contribution in [2.45, 2.75) is 18.9 Å². The van der Waals surface area contributed by atoms with Gasteiger partial charge in [0.05, 0.1) is 6.04 Å². The van der Waals surface area contributed by atoms with Crippen molar-refractivity contribution in [1.82, 2.24) is 4.90 Å². The van der Waals surface area contributed by atoms with E-state index in [2.05, 4.69) is 5.32 Å². The van der Waals surface area contributed by atoms with Gasteiger partial charge in [-0.05, 0) is 36.6 Å². The molecule has 4 rings (SSSR count). The Balaban J connectivity index is 1.51. The molecule has 2 heterocycles. The third kappa shape index (κ3) is 3.24. The number of nitrogens with one attached hydrogen (secondary N) is 1. The zero-order chi connectivity index (χ0) is 17.2. The number of likely N-dealkylation sites (tertiary alicyclic amines) is 1. The monoisotopic (exact) mass is 358 g/mol. The Morgan fingerprint density at radius 1 is 1.12 bits per heavy atom. The van der Waals surface area contributed by atoms with Crippen LogP contribution in [-0.4, -0.2) is 30.7 Å². The molecule has 0 radical (unpaired) electrons. The van der Waals surface area contributed by atoms with Crippen LogP contribution in [0.1, 0.15) is 24.4 Å². The topological polar surface area (TPSA) is 50.8 Å². The van der Waals surface area contributed by atoms with Gasteiger partial charge in [0.15, 0.2) is 11.5 Å². The van der Waals surface area contributed by atoms with Gasteiger partial charge in [-0.3, -0.25) is 0 Å². The van der Waals surface area contributed by atoms with Gasteiger partial charge in [-0.25, -0.2) is 4.79 Å². The molecule has 2 aliphatic rings. The van der Waals surface area contributed by atoms with Gasteiger partial charge in [-0.1, -0.05) is 29.8 Å². The Morgan fingerprint density at radius 2 is 1.92 bits per heavy atom. The number of fused-ring (bicyclic) bond motifs is 1. The Kier molecular flexibility index (Phi) is 4.40. The summed E-state index contributed by atoms with van der Waals surface area (Å²) in [6.07, 6.45) is 1.88. The number of urea groups is 1. The van der Waals surface area contributed by atoms with Gasteiger partial charge in [0, 0.05) is 23.3 Å². The first-order valence-corrected chi connectivity index (χ1v) is 8.82. The molecule has 2 aliphatic heterocycles. The van der Waals surface area contributed by atoms with E-state index in [1.54, 1.807) is 6.07 Å². The molecule has 2 aromatic carbocycles. The molecule has 130 valence electrons. The molecule has 0 saturated carbocycles. The van der Waals surface area contributed by atoms with Crippen molar-refractivity contribution in [1.29, 1.82) is 0 Å². The lowest BCUT2D eigenvalue weighted by Gasteiger charge is -2.26. The average Bonchev–Trinajstić information content (AvgIpc) is 3.11. The zero-order valence-corrected chi connectivity index (χ0v) is 14.5. The quantitative estimate of drug-likeness (QED) is 0.861. The summed E-state index contributed by atoms with van der Waals surface area (Å²) in [7, 11) is 0. The molecular formula is C19H19ClN2O3. The average molecular weight is 359 g/mol. The van der Waals surface area contributed by atoms with Crippen molar-refractivity contribution in [2.75, 3.05) is 25.1 Å². The second-order valence-electron chi connectivity index (χ2n) is 6.16. The molecule has 1 fully saturated rings. The Morgan fingerprint density at radius 3 is 2.76 bits per heavy atom. The third-order valence-electron chi connectivity index (χ3n) is 4.57.